The molecule has 0 N–H and O–H groups in total. The Hall–Kier alpha value is -2.60. The molecule has 0 saturated carbocycles. The van der Waals surface area contributed by atoms with Crippen molar-refractivity contribution < 1.29 is 22.0 Å². The van der Waals surface area contributed by atoms with Crippen molar-refractivity contribution in [3.8, 4) is 0 Å². The van der Waals surface area contributed by atoms with Crippen LogP contribution in [0.4, 0.5) is 8.78 Å². The number of Topliss-reactive ketones (excluding diaryl/α,β-unsaturated/α-hetero) is 1. The van der Waals surface area contributed by atoms with Crippen LogP contribution in [-0.2, 0) is 14.6 Å². The molecule has 0 fully saturated rings. The molecule has 0 radical (unpaired) electrons. The van der Waals surface area contributed by atoms with Gasteiger partial charge in [0.1, 0.15) is 5.78 Å². The van der Waals surface area contributed by atoms with Crippen molar-refractivity contribution in [3.63, 3.8) is 0 Å². The smallest absolute Gasteiger partial charge is 0.175 e. The molecule has 3 nitrogen and oxygen atoms in total. The number of hydrogen-bond acceptors (Lipinski definition) is 3. The number of halogens is 2. The second kappa shape index (κ2) is 7.09. The van der Waals surface area contributed by atoms with Gasteiger partial charge in [0.2, 0.25) is 0 Å². The van der Waals surface area contributed by atoms with Crippen LogP contribution in [0.2, 0.25) is 0 Å². The number of rotatable bonds is 4. The second-order valence-corrected chi connectivity index (χ2v) is 9.10. The molecule has 0 aliphatic heterocycles. The fourth-order valence-corrected chi connectivity index (χ4v) is 4.10. The van der Waals surface area contributed by atoms with Crippen LogP contribution < -0.4 is 0 Å². The van der Waals surface area contributed by atoms with Crippen molar-refractivity contribution in [1.82, 2.24) is 0 Å². The molecule has 6 heteroatoms. The predicted octanol–water partition coefficient (Wildman–Crippen LogP) is 4.92. The van der Waals surface area contributed by atoms with Gasteiger partial charge in [-0.2, -0.15) is 0 Å². The van der Waals surface area contributed by atoms with Gasteiger partial charge in [0.05, 0.1) is 4.90 Å². The normalized spacial score (nSPS) is 16.4. The molecule has 1 unspecified atom stereocenters. The van der Waals surface area contributed by atoms with Crippen molar-refractivity contribution in [3.05, 3.63) is 70.3 Å². The summed E-state index contributed by atoms with van der Waals surface area (Å²) >= 11 is 0. The first-order valence-corrected chi connectivity index (χ1v) is 10.6. The third-order valence-electron chi connectivity index (χ3n) is 5.11. The van der Waals surface area contributed by atoms with E-state index in [9.17, 15) is 22.0 Å². The van der Waals surface area contributed by atoms with Crippen LogP contribution in [0, 0.1) is 17.6 Å². The van der Waals surface area contributed by atoms with E-state index in [4.69, 9.17) is 0 Å². The maximum Gasteiger partial charge on any atom is 0.175 e. The summed E-state index contributed by atoms with van der Waals surface area (Å²) in [6.07, 6.45) is 2.92. The van der Waals surface area contributed by atoms with E-state index in [0.29, 0.717) is 27.8 Å². The molecular weight excluding hydrogens is 382 g/mol. The Labute approximate surface area is 163 Å². The molecule has 2 aromatic rings. The Bertz CT molecular complexity index is 1140. The number of allylic oxidation sites excluding steroid dienone is 3. The molecule has 0 saturated heterocycles. The maximum atomic E-state index is 13.9. The molecule has 28 heavy (non-hydrogen) atoms. The maximum absolute atomic E-state index is 13.9. The summed E-state index contributed by atoms with van der Waals surface area (Å²) in [5.74, 6) is -2.44. The SMILES string of the molecule is CC(=O)C(C)C1=C(C)C(=Cc2ccc(S(C)(=O)=O)cc2)c2cc(F)c(F)cc21. The zero-order valence-corrected chi connectivity index (χ0v) is 16.8. The highest BCUT2D eigenvalue weighted by Crippen LogP contribution is 2.46. The molecule has 0 amide bonds. The number of hydrogen-bond donors (Lipinski definition) is 0. The summed E-state index contributed by atoms with van der Waals surface area (Å²) in [5.41, 5.74) is 3.89. The molecule has 0 bridgehead atoms. The van der Waals surface area contributed by atoms with Gasteiger partial charge in [-0.05, 0) is 77.6 Å². The van der Waals surface area contributed by atoms with E-state index in [-0.39, 0.29) is 10.7 Å². The van der Waals surface area contributed by atoms with Crippen LogP contribution >= 0.6 is 0 Å². The molecule has 1 atom stereocenters. The van der Waals surface area contributed by atoms with Gasteiger partial charge >= 0.3 is 0 Å². The molecule has 3 rings (SSSR count). The minimum absolute atomic E-state index is 0.0659. The van der Waals surface area contributed by atoms with Crippen LogP contribution in [0.3, 0.4) is 0 Å². The molecule has 1 aliphatic carbocycles. The lowest BCUT2D eigenvalue weighted by Crippen LogP contribution is -2.09. The van der Waals surface area contributed by atoms with Gasteiger partial charge in [0, 0.05) is 12.2 Å². The van der Waals surface area contributed by atoms with E-state index in [1.807, 2.05) is 6.92 Å². The van der Waals surface area contributed by atoms with Gasteiger partial charge in [-0.15, -0.1) is 0 Å². The van der Waals surface area contributed by atoms with E-state index in [1.165, 1.54) is 19.1 Å². The van der Waals surface area contributed by atoms with E-state index < -0.39 is 27.4 Å². The number of benzene rings is 2. The zero-order chi connectivity index (χ0) is 20.8. The number of fused-ring (bicyclic) bond motifs is 1. The highest BCUT2D eigenvalue weighted by Gasteiger charge is 2.30. The lowest BCUT2D eigenvalue weighted by atomic mass is 9.91. The lowest BCUT2D eigenvalue weighted by molar-refractivity contribution is -0.118. The Morgan fingerprint density at radius 3 is 2.07 bits per heavy atom. The molecule has 2 aromatic carbocycles. The Kier molecular flexibility index (Phi) is 5.10. The zero-order valence-electron chi connectivity index (χ0n) is 16.0. The Morgan fingerprint density at radius 2 is 1.57 bits per heavy atom. The quantitative estimate of drug-likeness (QED) is 0.729. The standard InChI is InChI=1S/C22H20F2O3S/c1-12(14(3)25)22-13(2)17(18-10-20(23)21(24)11-19(18)22)9-15-5-7-16(8-6-15)28(4,26)27/h5-12H,1-4H3. The number of carbonyl (C=O) groups is 1. The summed E-state index contributed by atoms with van der Waals surface area (Å²) < 4.78 is 51.1. The van der Waals surface area contributed by atoms with Gasteiger partial charge in [0.25, 0.3) is 0 Å². The first-order valence-electron chi connectivity index (χ1n) is 8.74. The summed E-state index contributed by atoms with van der Waals surface area (Å²) in [4.78, 5) is 12.2. The molecule has 0 aromatic heterocycles. The minimum atomic E-state index is -3.30. The molecular formula is C22H20F2O3S. The highest BCUT2D eigenvalue weighted by atomic mass is 32.2. The van der Waals surface area contributed by atoms with E-state index in [2.05, 4.69) is 0 Å². The molecule has 146 valence electrons. The fraction of sp³-hybridized carbons (Fsp3) is 0.227. The van der Waals surface area contributed by atoms with Gasteiger partial charge < -0.3 is 0 Å². The van der Waals surface area contributed by atoms with Crippen molar-refractivity contribution in [2.75, 3.05) is 6.26 Å². The predicted molar refractivity (Wildman–Crippen MR) is 106 cm³/mol. The monoisotopic (exact) mass is 402 g/mol. The average Bonchev–Trinajstić information content (AvgIpc) is 2.86. The number of carbonyl (C=O) groups excluding carboxylic acids is 1. The van der Waals surface area contributed by atoms with E-state index in [1.54, 1.807) is 25.1 Å². The second-order valence-electron chi connectivity index (χ2n) is 7.08. The first-order chi connectivity index (χ1) is 13.0. The minimum Gasteiger partial charge on any atom is -0.299 e. The van der Waals surface area contributed by atoms with Crippen LogP contribution in [0.25, 0.3) is 17.2 Å². The molecule has 0 heterocycles. The molecule has 1 aliphatic rings. The van der Waals surface area contributed by atoms with Crippen LogP contribution in [0.1, 0.15) is 37.5 Å². The third-order valence-corrected chi connectivity index (χ3v) is 6.24. The Morgan fingerprint density at radius 1 is 1.04 bits per heavy atom. The summed E-state index contributed by atoms with van der Waals surface area (Å²) in [5, 5.41) is 0. The average molecular weight is 402 g/mol. The summed E-state index contributed by atoms with van der Waals surface area (Å²) in [7, 11) is -3.30. The van der Waals surface area contributed by atoms with Gasteiger partial charge in [-0.25, -0.2) is 17.2 Å². The van der Waals surface area contributed by atoms with Crippen molar-refractivity contribution in [2.45, 2.75) is 25.7 Å². The first kappa shape index (κ1) is 20.1. The number of ketones is 1. The Balaban J connectivity index is 2.19. The topological polar surface area (TPSA) is 51.2 Å². The third kappa shape index (κ3) is 3.56. The van der Waals surface area contributed by atoms with Crippen molar-refractivity contribution in [2.24, 2.45) is 5.92 Å². The van der Waals surface area contributed by atoms with Gasteiger partial charge in [-0.1, -0.05) is 19.1 Å². The fourth-order valence-electron chi connectivity index (χ4n) is 3.47. The van der Waals surface area contributed by atoms with Crippen molar-refractivity contribution in [1.29, 1.82) is 0 Å². The van der Waals surface area contributed by atoms with E-state index in [0.717, 1.165) is 24.0 Å². The summed E-state index contributed by atoms with van der Waals surface area (Å²) in [6, 6.07) is 8.59. The van der Waals surface area contributed by atoms with E-state index >= 15 is 0 Å². The largest absolute Gasteiger partial charge is 0.299 e. The lowest BCUT2D eigenvalue weighted by Gasteiger charge is -2.12. The van der Waals surface area contributed by atoms with Crippen LogP contribution in [0.15, 0.2) is 46.9 Å². The van der Waals surface area contributed by atoms with Crippen molar-refractivity contribution >= 4 is 32.8 Å². The molecule has 0 spiro atoms. The van der Waals surface area contributed by atoms with Gasteiger partial charge in [-0.3, -0.25) is 4.79 Å². The van der Waals surface area contributed by atoms with Gasteiger partial charge in [0.15, 0.2) is 21.5 Å². The highest BCUT2D eigenvalue weighted by molar-refractivity contribution is 7.90. The van der Waals surface area contributed by atoms with Crippen LogP contribution in [0.5, 0.6) is 0 Å². The van der Waals surface area contributed by atoms with Crippen LogP contribution in [-0.4, -0.2) is 20.5 Å². The number of sulfone groups is 1. The summed E-state index contributed by atoms with van der Waals surface area (Å²) in [6.45, 7) is 5.04.